The lowest BCUT2D eigenvalue weighted by Gasteiger charge is -2.31. The number of aromatic nitrogens is 1. The first kappa shape index (κ1) is 26.5. The molecule has 2 aliphatic rings. The molecule has 1 atom stereocenters. The maximum absolute atomic E-state index is 12.6. The highest BCUT2D eigenvalue weighted by atomic mass is 16.2. The van der Waals surface area contributed by atoms with Gasteiger partial charge in [-0.2, -0.15) is 0 Å². The van der Waals surface area contributed by atoms with Crippen LogP contribution in [-0.2, 0) is 24.1 Å². The number of benzene rings is 1. The molecule has 0 saturated heterocycles. The third-order valence-corrected chi connectivity index (χ3v) is 7.97. The van der Waals surface area contributed by atoms with Crippen molar-refractivity contribution < 1.29 is 9.59 Å². The smallest absolute Gasteiger partial charge is 0.237 e. The van der Waals surface area contributed by atoms with E-state index in [9.17, 15) is 9.59 Å². The van der Waals surface area contributed by atoms with Gasteiger partial charge in [-0.05, 0) is 92.7 Å². The van der Waals surface area contributed by atoms with E-state index in [-0.39, 0.29) is 23.7 Å². The van der Waals surface area contributed by atoms with E-state index < -0.39 is 6.04 Å². The van der Waals surface area contributed by atoms with Crippen LogP contribution in [0.4, 0.5) is 0 Å². The van der Waals surface area contributed by atoms with Crippen molar-refractivity contribution in [2.45, 2.75) is 77.3 Å². The average molecular weight is 491 g/mol. The van der Waals surface area contributed by atoms with Crippen LogP contribution in [0.15, 0.2) is 42.7 Å². The van der Waals surface area contributed by atoms with Gasteiger partial charge in [0.25, 0.3) is 0 Å². The summed E-state index contributed by atoms with van der Waals surface area (Å²) in [5, 5.41) is 3.18. The van der Waals surface area contributed by atoms with Crippen molar-refractivity contribution in [3.8, 4) is 0 Å². The van der Waals surface area contributed by atoms with Crippen molar-refractivity contribution in [2.75, 3.05) is 19.6 Å². The van der Waals surface area contributed by atoms with Crippen molar-refractivity contribution in [3.63, 3.8) is 0 Å². The first-order valence-electron chi connectivity index (χ1n) is 13.7. The van der Waals surface area contributed by atoms with E-state index >= 15 is 0 Å². The maximum atomic E-state index is 12.6. The number of nitrogens with zero attached hydrogens (tertiary/aromatic N) is 2. The minimum Gasteiger partial charge on any atom is -0.352 e. The zero-order chi connectivity index (χ0) is 25.5. The van der Waals surface area contributed by atoms with Crippen LogP contribution in [-0.4, -0.2) is 53.3 Å². The summed E-state index contributed by atoms with van der Waals surface area (Å²) in [5.41, 5.74) is 10.7. The predicted octanol–water partition coefficient (Wildman–Crippen LogP) is 3.96. The number of Topliss-reactive ketones (excluding diaryl/α,β-unsaturated/α-hetero) is 1. The summed E-state index contributed by atoms with van der Waals surface area (Å²) in [4.78, 5) is 31.7. The molecule has 6 nitrogen and oxygen atoms in total. The Morgan fingerprint density at radius 1 is 1.08 bits per heavy atom. The largest absolute Gasteiger partial charge is 0.352 e. The third kappa shape index (κ3) is 7.23. The molecular weight excluding hydrogens is 448 g/mol. The van der Waals surface area contributed by atoms with Gasteiger partial charge in [0, 0.05) is 43.0 Å². The number of nitrogens with one attached hydrogen (secondary N) is 1. The lowest BCUT2D eigenvalue weighted by Crippen LogP contribution is -2.47. The van der Waals surface area contributed by atoms with Gasteiger partial charge in [-0.15, -0.1) is 0 Å². The fraction of sp³-hybridized carbons (Fsp3) is 0.567. The van der Waals surface area contributed by atoms with E-state index in [4.69, 9.17) is 5.73 Å². The second kappa shape index (κ2) is 12.6. The molecule has 6 heteroatoms. The molecule has 1 amide bonds. The number of rotatable bonds is 9. The van der Waals surface area contributed by atoms with Gasteiger partial charge in [0.1, 0.15) is 0 Å². The molecule has 194 valence electrons. The molecule has 1 aliphatic carbocycles. The van der Waals surface area contributed by atoms with Gasteiger partial charge in [-0.3, -0.25) is 14.6 Å². The Kier molecular flexibility index (Phi) is 9.27. The van der Waals surface area contributed by atoms with E-state index in [1.807, 2.05) is 32.0 Å². The third-order valence-electron chi connectivity index (χ3n) is 7.97. The molecule has 0 bridgehead atoms. The lowest BCUT2D eigenvalue weighted by molar-refractivity contribution is -0.123. The second-order valence-corrected chi connectivity index (χ2v) is 11.0. The van der Waals surface area contributed by atoms with Crippen LogP contribution in [0.2, 0.25) is 0 Å². The molecule has 0 radical (unpaired) electrons. The molecular formula is C30H42N4O2. The number of hydrogen-bond acceptors (Lipinski definition) is 5. The monoisotopic (exact) mass is 490 g/mol. The van der Waals surface area contributed by atoms with Crippen LogP contribution in [0.1, 0.15) is 73.0 Å². The Bertz CT molecular complexity index is 1010. The molecule has 0 spiro atoms. The topological polar surface area (TPSA) is 88.3 Å². The Labute approximate surface area is 216 Å². The zero-order valence-corrected chi connectivity index (χ0v) is 21.9. The molecule has 0 unspecified atom stereocenters. The van der Waals surface area contributed by atoms with E-state index in [0.29, 0.717) is 6.42 Å². The molecule has 1 fully saturated rings. The minimum atomic E-state index is -0.529. The molecule has 4 rings (SSSR count). The van der Waals surface area contributed by atoms with Gasteiger partial charge in [-0.25, -0.2) is 0 Å². The molecule has 3 N–H and O–H groups in total. The number of hydrogen-bond donors (Lipinski definition) is 2. The quantitative estimate of drug-likeness (QED) is 0.520. The van der Waals surface area contributed by atoms with Gasteiger partial charge in [0.2, 0.25) is 5.91 Å². The number of fused-ring (bicyclic) bond motifs is 1. The second-order valence-electron chi connectivity index (χ2n) is 11.0. The van der Waals surface area contributed by atoms with Gasteiger partial charge < -0.3 is 16.0 Å². The highest BCUT2D eigenvalue weighted by molar-refractivity contribution is 5.97. The number of amides is 1. The first-order valence-corrected chi connectivity index (χ1v) is 13.7. The van der Waals surface area contributed by atoms with E-state index in [1.54, 1.807) is 12.4 Å². The Morgan fingerprint density at radius 3 is 2.53 bits per heavy atom. The fourth-order valence-electron chi connectivity index (χ4n) is 5.62. The summed E-state index contributed by atoms with van der Waals surface area (Å²) in [6.07, 6.45) is 11.7. The summed E-state index contributed by atoms with van der Waals surface area (Å²) in [6.45, 7) is 7.22. The molecule has 36 heavy (non-hydrogen) atoms. The molecule has 1 aromatic heterocycles. The molecule has 2 heterocycles. The van der Waals surface area contributed by atoms with Crippen LogP contribution in [0.3, 0.4) is 0 Å². The highest BCUT2D eigenvalue weighted by Gasteiger charge is 2.25. The number of ketones is 1. The van der Waals surface area contributed by atoms with Crippen molar-refractivity contribution in [3.05, 3.63) is 65.0 Å². The lowest BCUT2D eigenvalue weighted by atomic mass is 9.84. The normalized spacial score (nSPS) is 21.4. The molecule has 1 aliphatic heterocycles. The number of carbonyl (C=O) groups is 2. The van der Waals surface area contributed by atoms with E-state index in [1.165, 1.54) is 17.5 Å². The number of pyridine rings is 1. The van der Waals surface area contributed by atoms with E-state index in [0.717, 1.165) is 75.2 Å². The first-order chi connectivity index (χ1) is 17.4. The fourth-order valence-corrected chi connectivity index (χ4v) is 5.62. The van der Waals surface area contributed by atoms with Crippen molar-refractivity contribution in [1.82, 2.24) is 15.2 Å². The summed E-state index contributed by atoms with van der Waals surface area (Å²) in [7, 11) is 0. The summed E-state index contributed by atoms with van der Waals surface area (Å²) in [5.74, 6) is 0.950. The minimum absolute atomic E-state index is 0.0392. The van der Waals surface area contributed by atoms with Crippen LogP contribution in [0.5, 0.6) is 0 Å². The molecule has 1 saturated carbocycles. The highest BCUT2D eigenvalue weighted by Crippen LogP contribution is 2.28. The van der Waals surface area contributed by atoms with E-state index in [2.05, 4.69) is 27.3 Å². The Morgan fingerprint density at radius 2 is 1.83 bits per heavy atom. The van der Waals surface area contributed by atoms with Gasteiger partial charge >= 0.3 is 0 Å². The van der Waals surface area contributed by atoms with Crippen LogP contribution < -0.4 is 11.1 Å². The molecule has 1 aromatic carbocycles. The zero-order valence-electron chi connectivity index (χ0n) is 21.9. The summed E-state index contributed by atoms with van der Waals surface area (Å²) in [6, 6.07) is 9.87. The standard InChI is InChI=1S/C30H42N4O2/c1-21(2)29(35)26-8-7-24-12-16-34(17-13-25(24)19-26)15-11-22-5-9-27(10-6-22)33-30(36)28(31)18-23-4-3-14-32-20-23/h3-4,7-8,14,19-22,27-28H,5-6,9-13,15-18,31H2,1-2H3,(H,33,36)/t22?,27?,28-/m1/s1. The Balaban J connectivity index is 1.17. The number of nitrogens with two attached hydrogens (primary N) is 1. The van der Waals surface area contributed by atoms with Crippen molar-refractivity contribution in [1.29, 1.82) is 0 Å². The van der Waals surface area contributed by atoms with Crippen molar-refractivity contribution >= 4 is 11.7 Å². The number of carbonyl (C=O) groups excluding carboxylic acids is 2. The SMILES string of the molecule is CC(C)C(=O)c1ccc2c(c1)CCN(CCC1CCC(NC(=O)[C@H](N)Cc3cccnc3)CC1)CC2. The van der Waals surface area contributed by atoms with Crippen LogP contribution in [0, 0.1) is 11.8 Å². The average Bonchev–Trinajstić information content (AvgIpc) is 3.10. The van der Waals surface area contributed by atoms with Crippen LogP contribution >= 0.6 is 0 Å². The van der Waals surface area contributed by atoms with Crippen LogP contribution in [0.25, 0.3) is 0 Å². The van der Waals surface area contributed by atoms with Gasteiger partial charge in [-0.1, -0.05) is 32.0 Å². The van der Waals surface area contributed by atoms with Crippen molar-refractivity contribution in [2.24, 2.45) is 17.6 Å². The van der Waals surface area contributed by atoms with Gasteiger partial charge in [0.05, 0.1) is 6.04 Å². The predicted molar refractivity (Wildman–Crippen MR) is 144 cm³/mol. The molecule has 2 aromatic rings. The summed E-state index contributed by atoms with van der Waals surface area (Å²) >= 11 is 0. The maximum Gasteiger partial charge on any atom is 0.237 e. The summed E-state index contributed by atoms with van der Waals surface area (Å²) < 4.78 is 0. The Hall–Kier alpha value is -2.57. The van der Waals surface area contributed by atoms with Gasteiger partial charge in [0.15, 0.2) is 5.78 Å².